The third-order valence-corrected chi connectivity index (χ3v) is 4.21. The molecule has 1 atom stereocenters. The normalized spacial score (nSPS) is 20.4. The Labute approximate surface area is 129 Å². The second kappa shape index (κ2) is 7.22. The van der Waals surface area contributed by atoms with E-state index in [1.165, 1.54) is 17.3 Å². The number of carbonyl (C=O) groups excluding carboxylic acids is 1. The molecule has 1 heterocycles. The minimum Gasteiger partial charge on any atom is -0.303 e. The molecule has 1 saturated heterocycles. The summed E-state index contributed by atoms with van der Waals surface area (Å²) in [6.07, 6.45) is 4.06. The van der Waals surface area contributed by atoms with Gasteiger partial charge in [0, 0.05) is 0 Å². The largest absolute Gasteiger partial charge is 0.303 e. The Morgan fingerprint density at radius 1 is 1.38 bits per heavy atom. The van der Waals surface area contributed by atoms with Gasteiger partial charge in [-0.1, -0.05) is 56.0 Å². The van der Waals surface area contributed by atoms with Gasteiger partial charge in [0.15, 0.2) is 5.17 Å². The highest BCUT2D eigenvalue weighted by molar-refractivity contribution is 8.15. The Morgan fingerprint density at radius 2 is 2.10 bits per heavy atom. The SMILES string of the molecule is C=CC[C@@H]1S/C(=N\N=C/c2ccc(C(C)C)cc2)NC1=O. The van der Waals surface area contributed by atoms with Gasteiger partial charge in [0.25, 0.3) is 0 Å². The summed E-state index contributed by atoms with van der Waals surface area (Å²) in [6, 6.07) is 8.20. The van der Waals surface area contributed by atoms with E-state index < -0.39 is 0 Å². The van der Waals surface area contributed by atoms with Gasteiger partial charge in [0.1, 0.15) is 0 Å². The fraction of sp³-hybridized carbons (Fsp3) is 0.312. The number of amides is 1. The number of rotatable bonds is 5. The fourth-order valence-corrected chi connectivity index (χ4v) is 2.80. The van der Waals surface area contributed by atoms with E-state index in [1.54, 1.807) is 12.3 Å². The Bertz CT molecular complexity index is 576. The molecule has 0 bridgehead atoms. The van der Waals surface area contributed by atoms with E-state index in [-0.39, 0.29) is 11.2 Å². The highest BCUT2D eigenvalue weighted by atomic mass is 32.2. The summed E-state index contributed by atoms with van der Waals surface area (Å²) < 4.78 is 0. The van der Waals surface area contributed by atoms with E-state index in [4.69, 9.17) is 0 Å². The maximum Gasteiger partial charge on any atom is 0.239 e. The molecule has 0 spiro atoms. The molecule has 4 nitrogen and oxygen atoms in total. The van der Waals surface area contributed by atoms with Gasteiger partial charge in [0.05, 0.1) is 11.5 Å². The van der Waals surface area contributed by atoms with E-state index in [2.05, 4.69) is 48.1 Å². The van der Waals surface area contributed by atoms with Crippen LogP contribution in [-0.2, 0) is 4.79 Å². The number of nitrogens with zero attached hydrogens (tertiary/aromatic N) is 2. The van der Waals surface area contributed by atoms with Gasteiger partial charge in [-0.2, -0.15) is 5.10 Å². The molecule has 1 aromatic carbocycles. The molecule has 0 radical (unpaired) electrons. The molecule has 0 aliphatic carbocycles. The van der Waals surface area contributed by atoms with Crippen LogP contribution >= 0.6 is 11.8 Å². The zero-order valence-corrected chi connectivity index (χ0v) is 13.1. The predicted octanol–water partition coefficient (Wildman–Crippen LogP) is 3.31. The Morgan fingerprint density at radius 3 is 2.71 bits per heavy atom. The van der Waals surface area contributed by atoms with E-state index in [9.17, 15) is 4.79 Å². The molecular formula is C16H19N3OS. The van der Waals surface area contributed by atoms with Crippen LogP contribution in [0.2, 0.25) is 0 Å². The predicted molar refractivity (Wildman–Crippen MR) is 89.9 cm³/mol. The van der Waals surface area contributed by atoms with Crippen molar-refractivity contribution in [3.63, 3.8) is 0 Å². The van der Waals surface area contributed by atoms with Crippen molar-refractivity contribution in [2.75, 3.05) is 0 Å². The summed E-state index contributed by atoms with van der Waals surface area (Å²) in [5.41, 5.74) is 2.28. The smallest absolute Gasteiger partial charge is 0.239 e. The van der Waals surface area contributed by atoms with Crippen LogP contribution in [0.5, 0.6) is 0 Å². The lowest BCUT2D eigenvalue weighted by atomic mass is 10.0. The number of amidine groups is 1. The molecule has 2 rings (SSSR count). The van der Waals surface area contributed by atoms with Crippen LogP contribution in [0.25, 0.3) is 0 Å². The van der Waals surface area contributed by atoms with Gasteiger partial charge in [-0.05, 0) is 23.5 Å². The summed E-state index contributed by atoms with van der Waals surface area (Å²) in [4.78, 5) is 11.6. The van der Waals surface area contributed by atoms with Crippen LogP contribution in [0.4, 0.5) is 0 Å². The lowest BCUT2D eigenvalue weighted by Crippen LogP contribution is -2.24. The summed E-state index contributed by atoms with van der Waals surface area (Å²) in [6.45, 7) is 7.96. The minimum absolute atomic E-state index is 0.0323. The second-order valence-corrected chi connectivity index (χ2v) is 6.28. The van der Waals surface area contributed by atoms with Gasteiger partial charge in [-0.3, -0.25) is 4.79 Å². The Balaban J connectivity index is 1.97. The van der Waals surface area contributed by atoms with Crippen LogP contribution in [0, 0.1) is 0 Å². The molecule has 1 aromatic rings. The lowest BCUT2D eigenvalue weighted by molar-refractivity contribution is -0.118. The van der Waals surface area contributed by atoms with E-state index in [0.29, 0.717) is 17.5 Å². The Hall–Kier alpha value is -1.88. The highest BCUT2D eigenvalue weighted by Crippen LogP contribution is 2.22. The maximum absolute atomic E-state index is 11.6. The second-order valence-electron chi connectivity index (χ2n) is 5.09. The van der Waals surface area contributed by atoms with Crippen LogP contribution in [0.15, 0.2) is 47.1 Å². The molecule has 110 valence electrons. The summed E-state index contributed by atoms with van der Waals surface area (Å²) in [5, 5.41) is 11.2. The molecule has 0 unspecified atom stereocenters. The number of carbonyl (C=O) groups is 1. The van der Waals surface area contributed by atoms with Gasteiger partial charge < -0.3 is 5.32 Å². The van der Waals surface area contributed by atoms with Crippen molar-refractivity contribution >= 4 is 29.1 Å². The van der Waals surface area contributed by atoms with Crippen molar-refractivity contribution in [3.8, 4) is 0 Å². The standard InChI is InChI=1S/C16H19N3OS/c1-4-5-14-15(20)18-16(21-14)19-17-10-12-6-8-13(9-7-12)11(2)3/h4,6-11,14H,1,5H2,2-3H3,(H,18,19,20)/b17-10-/t14-/m0/s1. The zero-order chi connectivity index (χ0) is 15.2. The van der Waals surface area contributed by atoms with E-state index in [1.807, 2.05) is 12.1 Å². The molecule has 0 saturated carbocycles. The third kappa shape index (κ3) is 4.29. The number of thioether (sulfide) groups is 1. The molecule has 0 aromatic heterocycles. The van der Waals surface area contributed by atoms with Crippen LogP contribution in [0.3, 0.4) is 0 Å². The number of benzene rings is 1. The summed E-state index contributed by atoms with van der Waals surface area (Å²) in [7, 11) is 0. The number of nitrogens with one attached hydrogen (secondary N) is 1. The first kappa shape index (κ1) is 15.5. The molecule has 5 heteroatoms. The molecule has 1 aliphatic rings. The lowest BCUT2D eigenvalue weighted by Gasteiger charge is -2.03. The topological polar surface area (TPSA) is 53.8 Å². The van der Waals surface area contributed by atoms with Gasteiger partial charge in [-0.25, -0.2) is 0 Å². The average molecular weight is 301 g/mol. The summed E-state index contributed by atoms with van der Waals surface area (Å²) in [5.74, 6) is 0.485. The van der Waals surface area contributed by atoms with Crippen molar-refractivity contribution in [1.82, 2.24) is 5.32 Å². The monoisotopic (exact) mass is 301 g/mol. The highest BCUT2D eigenvalue weighted by Gasteiger charge is 2.28. The average Bonchev–Trinajstić information content (AvgIpc) is 2.80. The van der Waals surface area contributed by atoms with Crippen molar-refractivity contribution in [1.29, 1.82) is 0 Å². The fourth-order valence-electron chi connectivity index (χ4n) is 1.87. The first-order valence-electron chi connectivity index (χ1n) is 6.89. The van der Waals surface area contributed by atoms with Crippen molar-refractivity contribution in [3.05, 3.63) is 48.0 Å². The minimum atomic E-state index is -0.137. The zero-order valence-electron chi connectivity index (χ0n) is 12.2. The van der Waals surface area contributed by atoms with Gasteiger partial charge in [-0.15, -0.1) is 11.7 Å². The van der Waals surface area contributed by atoms with Crippen molar-refractivity contribution in [2.24, 2.45) is 10.2 Å². The molecule has 21 heavy (non-hydrogen) atoms. The third-order valence-electron chi connectivity index (χ3n) is 3.12. The Kier molecular flexibility index (Phi) is 5.33. The number of hydrogen-bond acceptors (Lipinski definition) is 4. The van der Waals surface area contributed by atoms with Crippen LogP contribution in [0.1, 0.15) is 37.3 Å². The first-order chi connectivity index (χ1) is 10.1. The molecule has 1 N–H and O–H groups in total. The first-order valence-corrected chi connectivity index (χ1v) is 7.77. The van der Waals surface area contributed by atoms with Crippen LogP contribution in [-0.4, -0.2) is 22.5 Å². The molecule has 1 fully saturated rings. The number of hydrogen-bond donors (Lipinski definition) is 1. The summed E-state index contributed by atoms with van der Waals surface area (Å²) >= 11 is 1.39. The van der Waals surface area contributed by atoms with Crippen molar-refractivity contribution < 1.29 is 4.79 Å². The van der Waals surface area contributed by atoms with E-state index >= 15 is 0 Å². The maximum atomic E-state index is 11.6. The van der Waals surface area contributed by atoms with Gasteiger partial charge >= 0.3 is 0 Å². The van der Waals surface area contributed by atoms with Gasteiger partial charge in [0.2, 0.25) is 5.91 Å². The molecule has 1 aliphatic heterocycles. The number of allylic oxidation sites excluding steroid dienone is 1. The molecule has 1 amide bonds. The quantitative estimate of drug-likeness (QED) is 0.515. The van der Waals surface area contributed by atoms with E-state index in [0.717, 1.165) is 5.56 Å². The van der Waals surface area contributed by atoms with Crippen LogP contribution < -0.4 is 5.32 Å². The molecular weight excluding hydrogens is 282 g/mol. The van der Waals surface area contributed by atoms with Crippen molar-refractivity contribution in [2.45, 2.75) is 31.4 Å².